The van der Waals surface area contributed by atoms with Crippen LogP contribution >= 0.6 is 27.3 Å². The van der Waals surface area contributed by atoms with Crippen LogP contribution in [0, 0.1) is 5.41 Å². The highest BCUT2D eigenvalue weighted by Crippen LogP contribution is 2.49. The molecule has 1 aliphatic carbocycles. The normalized spacial score (nSPS) is 18.5. The molecule has 0 aliphatic heterocycles. The zero-order valence-electron chi connectivity index (χ0n) is 6.92. The molecule has 2 nitrogen and oxygen atoms in total. The van der Waals surface area contributed by atoms with Crippen molar-refractivity contribution in [2.45, 2.75) is 19.3 Å². The maximum absolute atomic E-state index is 10.9. The second-order valence-electron chi connectivity index (χ2n) is 3.52. The molecule has 0 bridgehead atoms. The minimum Gasteiger partial charge on any atom is -0.481 e. The van der Waals surface area contributed by atoms with Crippen LogP contribution in [0.3, 0.4) is 0 Å². The number of thiophene rings is 1. The summed E-state index contributed by atoms with van der Waals surface area (Å²) in [6, 6.07) is 2.01. The van der Waals surface area contributed by atoms with Gasteiger partial charge >= 0.3 is 5.97 Å². The van der Waals surface area contributed by atoms with Gasteiger partial charge in [-0.25, -0.2) is 0 Å². The van der Waals surface area contributed by atoms with Crippen molar-refractivity contribution in [3.8, 4) is 0 Å². The van der Waals surface area contributed by atoms with E-state index in [2.05, 4.69) is 15.9 Å². The maximum Gasteiger partial charge on any atom is 0.309 e. The number of aliphatic carboxylic acids is 1. The van der Waals surface area contributed by atoms with E-state index in [1.807, 2.05) is 11.4 Å². The molecule has 13 heavy (non-hydrogen) atoms. The Labute approximate surface area is 88.7 Å². The van der Waals surface area contributed by atoms with E-state index in [9.17, 15) is 4.79 Å². The van der Waals surface area contributed by atoms with E-state index in [-0.39, 0.29) is 0 Å². The quantitative estimate of drug-likeness (QED) is 0.908. The molecule has 1 aromatic heterocycles. The van der Waals surface area contributed by atoms with Crippen LogP contribution in [0.15, 0.2) is 15.2 Å². The largest absolute Gasteiger partial charge is 0.481 e. The number of carboxylic acids is 1. The van der Waals surface area contributed by atoms with Crippen LogP contribution in [0.4, 0.5) is 0 Å². The van der Waals surface area contributed by atoms with E-state index < -0.39 is 11.4 Å². The monoisotopic (exact) mass is 260 g/mol. The predicted octanol–water partition coefficient (Wildman–Crippen LogP) is 2.92. The first kappa shape index (κ1) is 9.21. The lowest BCUT2D eigenvalue weighted by molar-refractivity contribution is -0.143. The summed E-state index contributed by atoms with van der Waals surface area (Å²) in [6.45, 7) is 0. The van der Waals surface area contributed by atoms with Crippen LogP contribution < -0.4 is 0 Å². The maximum atomic E-state index is 10.9. The summed E-state index contributed by atoms with van der Waals surface area (Å²) >= 11 is 4.98. The van der Waals surface area contributed by atoms with Gasteiger partial charge in [0.2, 0.25) is 0 Å². The highest BCUT2D eigenvalue weighted by Gasteiger charge is 2.49. The molecule has 1 heterocycles. The van der Waals surface area contributed by atoms with Crippen molar-refractivity contribution in [3.05, 3.63) is 20.8 Å². The first-order valence-corrected chi connectivity index (χ1v) is 5.76. The molecule has 1 aromatic rings. The van der Waals surface area contributed by atoms with Gasteiger partial charge in [-0.05, 0) is 52.2 Å². The first-order chi connectivity index (χ1) is 6.12. The Morgan fingerprint density at radius 1 is 1.69 bits per heavy atom. The standard InChI is InChI=1S/C9H9BrO2S/c10-7-3-6(5-13-7)4-9(1-2-9)8(11)12/h3,5H,1-2,4H2,(H,11,12). The first-order valence-electron chi connectivity index (χ1n) is 4.09. The number of halogens is 1. The van der Waals surface area contributed by atoms with E-state index >= 15 is 0 Å². The fourth-order valence-electron chi connectivity index (χ4n) is 1.45. The zero-order chi connectivity index (χ0) is 9.47. The lowest BCUT2D eigenvalue weighted by Crippen LogP contribution is -2.17. The van der Waals surface area contributed by atoms with Gasteiger partial charge in [-0.1, -0.05) is 0 Å². The van der Waals surface area contributed by atoms with E-state index in [1.165, 1.54) is 0 Å². The van der Waals surface area contributed by atoms with Crippen LogP contribution in [0.25, 0.3) is 0 Å². The molecule has 1 aliphatic rings. The summed E-state index contributed by atoms with van der Waals surface area (Å²) in [5, 5.41) is 11.0. The average Bonchev–Trinajstić information content (AvgIpc) is 2.72. The van der Waals surface area contributed by atoms with E-state index in [0.717, 1.165) is 22.2 Å². The lowest BCUT2D eigenvalue weighted by Gasteiger charge is -2.06. The van der Waals surface area contributed by atoms with Gasteiger partial charge in [0, 0.05) is 0 Å². The number of rotatable bonds is 3. The van der Waals surface area contributed by atoms with Crippen molar-refractivity contribution in [1.29, 1.82) is 0 Å². The Hall–Kier alpha value is -0.350. The summed E-state index contributed by atoms with van der Waals surface area (Å²) in [7, 11) is 0. The van der Waals surface area contributed by atoms with Crippen molar-refractivity contribution in [2.75, 3.05) is 0 Å². The highest BCUT2D eigenvalue weighted by atomic mass is 79.9. The molecule has 1 fully saturated rings. The molecule has 70 valence electrons. The molecule has 4 heteroatoms. The van der Waals surface area contributed by atoms with Gasteiger partial charge in [-0.3, -0.25) is 4.79 Å². The summed E-state index contributed by atoms with van der Waals surface area (Å²) in [6.07, 6.45) is 2.34. The summed E-state index contributed by atoms with van der Waals surface area (Å²) in [5.74, 6) is -0.644. The Morgan fingerprint density at radius 3 is 2.77 bits per heavy atom. The van der Waals surface area contributed by atoms with E-state index in [1.54, 1.807) is 11.3 Å². The Balaban J connectivity index is 2.10. The van der Waals surface area contributed by atoms with Gasteiger partial charge < -0.3 is 5.11 Å². The summed E-state index contributed by atoms with van der Waals surface area (Å²) in [4.78, 5) is 10.9. The lowest BCUT2D eigenvalue weighted by atomic mass is 9.99. The number of carboxylic acid groups (broad SMARTS) is 1. The van der Waals surface area contributed by atoms with Crippen molar-refractivity contribution >= 4 is 33.2 Å². The van der Waals surface area contributed by atoms with Crippen molar-refractivity contribution in [1.82, 2.24) is 0 Å². The minimum absolute atomic E-state index is 0.430. The second-order valence-corrected chi connectivity index (χ2v) is 5.81. The van der Waals surface area contributed by atoms with Crippen LogP contribution in [0.1, 0.15) is 18.4 Å². The fourth-order valence-corrected chi connectivity index (χ4v) is 2.66. The van der Waals surface area contributed by atoms with Gasteiger partial charge in [0.1, 0.15) is 0 Å². The highest BCUT2D eigenvalue weighted by molar-refractivity contribution is 9.11. The zero-order valence-corrected chi connectivity index (χ0v) is 9.32. The van der Waals surface area contributed by atoms with Crippen LogP contribution in [0.2, 0.25) is 0 Å². The van der Waals surface area contributed by atoms with Crippen molar-refractivity contribution < 1.29 is 9.90 Å². The molecular weight excluding hydrogens is 252 g/mol. The fraction of sp³-hybridized carbons (Fsp3) is 0.444. The third-order valence-corrected chi connectivity index (χ3v) is 4.02. The molecular formula is C9H9BrO2S. The molecule has 2 rings (SSSR count). The van der Waals surface area contributed by atoms with E-state index in [0.29, 0.717) is 6.42 Å². The van der Waals surface area contributed by atoms with Gasteiger partial charge in [0.05, 0.1) is 9.20 Å². The number of carbonyl (C=O) groups is 1. The molecule has 1 N–H and O–H groups in total. The molecule has 1 saturated carbocycles. The number of hydrogen-bond donors (Lipinski definition) is 1. The SMILES string of the molecule is O=C(O)C1(Cc2csc(Br)c2)CC1. The third kappa shape index (κ3) is 1.79. The van der Waals surface area contributed by atoms with Crippen LogP contribution in [0.5, 0.6) is 0 Å². The van der Waals surface area contributed by atoms with E-state index in [4.69, 9.17) is 5.11 Å². The van der Waals surface area contributed by atoms with Crippen molar-refractivity contribution in [3.63, 3.8) is 0 Å². The van der Waals surface area contributed by atoms with Crippen molar-refractivity contribution in [2.24, 2.45) is 5.41 Å². The Bertz CT molecular complexity index is 341. The topological polar surface area (TPSA) is 37.3 Å². The third-order valence-electron chi connectivity index (χ3n) is 2.47. The van der Waals surface area contributed by atoms with Crippen LogP contribution in [-0.4, -0.2) is 11.1 Å². The van der Waals surface area contributed by atoms with Gasteiger partial charge in [-0.2, -0.15) is 0 Å². The average molecular weight is 261 g/mol. The molecule has 0 spiro atoms. The van der Waals surface area contributed by atoms with Crippen LogP contribution in [-0.2, 0) is 11.2 Å². The predicted molar refractivity (Wildman–Crippen MR) is 55.0 cm³/mol. The molecule has 0 atom stereocenters. The molecule has 0 amide bonds. The molecule has 0 aromatic carbocycles. The Kier molecular flexibility index (Phi) is 2.20. The summed E-state index contributed by atoms with van der Waals surface area (Å²) < 4.78 is 1.07. The smallest absolute Gasteiger partial charge is 0.309 e. The minimum atomic E-state index is -0.644. The Morgan fingerprint density at radius 2 is 2.38 bits per heavy atom. The molecule has 0 unspecified atom stereocenters. The van der Waals surface area contributed by atoms with Gasteiger partial charge in [0.15, 0.2) is 0 Å². The second kappa shape index (κ2) is 3.10. The van der Waals surface area contributed by atoms with Gasteiger partial charge in [0.25, 0.3) is 0 Å². The number of hydrogen-bond acceptors (Lipinski definition) is 2. The van der Waals surface area contributed by atoms with Gasteiger partial charge in [-0.15, -0.1) is 11.3 Å². The summed E-state index contributed by atoms with van der Waals surface area (Å²) in [5.41, 5.74) is 0.706. The molecule has 0 saturated heterocycles. The molecule has 0 radical (unpaired) electrons.